The van der Waals surface area contributed by atoms with E-state index < -0.39 is 5.91 Å². The second-order valence-electron chi connectivity index (χ2n) is 4.97. The molecule has 116 valence electrons. The largest absolute Gasteiger partial charge is 0.398 e. The monoisotopic (exact) mass is 318 g/mol. The molecular formula is C16H19ClN4O. The highest BCUT2D eigenvalue weighted by Crippen LogP contribution is 2.22. The fourth-order valence-corrected chi connectivity index (χ4v) is 2.28. The van der Waals surface area contributed by atoms with Gasteiger partial charge in [-0.25, -0.2) is 0 Å². The van der Waals surface area contributed by atoms with E-state index in [2.05, 4.69) is 0 Å². The molecule has 0 aliphatic rings. The standard InChI is InChI=1S/C16H18N4O.ClH/c1-9-3-2-4-12(16(20)21)13(9)7-10-5-6-11(15(18)19)8-14(10)17;/h2-6,8H,7,17H2,1H3,(H3,18,19)(H2,20,21);1H. The van der Waals surface area contributed by atoms with E-state index in [1.807, 2.05) is 19.1 Å². The van der Waals surface area contributed by atoms with E-state index >= 15 is 0 Å². The Morgan fingerprint density at radius 1 is 1.18 bits per heavy atom. The molecule has 22 heavy (non-hydrogen) atoms. The zero-order chi connectivity index (χ0) is 15.6. The molecule has 0 heterocycles. The number of amides is 1. The summed E-state index contributed by atoms with van der Waals surface area (Å²) in [6.07, 6.45) is 0.509. The van der Waals surface area contributed by atoms with Crippen molar-refractivity contribution in [1.82, 2.24) is 0 Å². The summed E-state index contributed by atoms with van der Waals surface area (Å²) in [6, 6.07) is 10.7. The van der Waals surface area contributed by atoms with Gasteiger partial charge < -0.3 is 17.2 Å². The van der Waals surface area contributed by atoms with Crippen LogP contribution in [0.4, 0.5) is 5.69 Å². The number of anilines is 1. The number of hydrogen-bond acceptors (Lipinski definition) is 3. The maximum absolute atomic E-state index is 11.5. The van der Waals surface area contributed by atoms with Crippen molar-refractivity contribution >= 4 is 29.8 Å². The van der Waals surface area contributed by atoms with Gasteiger partial charge in [0.25, 0.3) is 0 Å². The van der Waals surface area contributed by atoms with Crippen molar-refractivity contribution in [3.05, 3.63) is 64.2 Å². The van der Waals surface area contributed by atoms with E-state index in [9.17, 15) is 4.79 Å². The molecule has 2 rings (SSSR count). The lowest BCUT2D eigenvalue weighted by Gasteiger charge is -2.13. The average molecular weight is 319 g/mol. The number of nitrogens with one attached hydrogen (secondary N) is 1. The molecule has 7 N–H and O–H groups in total. The Morgan fingerprint density at radius 2 is 1.86 bits per heavy atom. The number of halogens is 1. The molecule has 0 spiro atoms. The fraction of sp³-hybridized carbons (Fsp3) is 0.125. The Hall–Kier alpha value is -2.53. The SMILES string of the molecule is Cc1cccc(C(N)=O)c1Cc1ccc(C(=N)N)cc1N.Cl. The predicted molar refractivity (Wildman–Crippen MR) is 91.6 cm³/mol. The van der Waals surface area contributed by atoms with Crippen LogP contribution >= 0.6 is 12.4 Å². The lowest BCUT2D eigenvalue weighted by atomic mass is 9.93. The molecule has 0 fully saturated rings. The average Bonchev–Trinajstić information content (AvgIpc) is 2.42. The molecule has 6 heteroatoms. The van der Waals surface area contributed by atoms with Crippen LogP contribution in [0.25, 0.3) is 0 Å². The number of primary amides is 1. The number of benzene rings is 2. The molecule has 0 aromatic heterocycles. The minimum absolute atomic E-state index is 0. The number of carbonyl (C=O) groups is 1. The Kier molecular flexibility index (Phi) is 5.54. The van der Waals surface area contributed by atoms with Gasteiger partial charge in [0, 0.05) is 23.2 Å². The second kappa shape index (κ2) is 6.95. The summed E-state index contributed by atoms with van der Waals surface area (Å²) in [4.78, 5) is 11.5. The zero-order valence-electron chi connectivity index (χ0n) is 12.2. The number of aryl methyl sites for hydroxylation is 1. The number of rotatable bonds is 4. The number of nitrogen functional groups attached to an aromatic ring is 2. The van der Waals surface area contributed by atoms with Crippen molar-refractivity contribution in [3.8, 4) is 0 Å². The Labute approximate surface area is 135 Å². The molecule has 0 saturated carbocycles. The van der Waals surface area contributed by atoms with Gasteiger partial charge >= 0.3 is 0 Å². The van der Waals surface area contributed by atoms with E-state index in [1.54, 1.807) is 24.3 Å². The van der Waals surface area contributed by atoms with Gasteiger partial charge in [0.1, 0.15) is 5.84 Å². The maximum Gasteiger partial charge on any atom is 0.248 e. The van der Waals surface area contributed by atoms with Gasteiger partial charge in [0.15, 0.2) is 0 Å². The molecule has 0 unspecified atom stereocenters. The quantitative estimate of drug-likeness (QED) is 0.392. The molecule has 0 aliphatic carbocycles. The van der Waals surface area contributed by atoms with Crippen molar-refractivity contribution in [2.24, 2.45) is 11.5 Å². The summed E-state index contributed by atoms with van der Waals surface area (Å²) in [5, 5.41) is 7.41. The highest BCUT2D eigenvalue weighted by Gasteiger charge is 2.12. The molecule has 0 saturated heterocycles. The van der Waals surface area contributed by atoms with Crippen molar-refractivity contribution in [2.45, 2.75) is 13.3 Å². The highest BCUT2D eigenvalue weighted by molar-refractivity contribution is 5.96. The lowest BCUT2D eigenvalue weighted by molar-refractivity contribution is 0.0999. The van der Waals surface area contributed by atoms with Gasteiger partial charge in [-0.15, -0.1) is 12.4 Å². The van der Waals surface area contributed by atoms with E-state index in [4.69, 9.17) is 22.6 Å². The first kappa shape index (κ1) is 17.5. The Bertz CT molecular complexity index is 728. The number of amidine groups is 1. The van der Waals surface area contributed by atoms with Crippen LogP contribution in [0, 0.1) is 12.3 Å². The van der Waals surface area contributed by atoms with Crippen LogP contribution in [0.5, 0.6) is 0 Å². The first-order chi connectivity index (χ1) is 9.90. The molecule has 2 aromatic carbocycles. The second-order valence-corrected chi connectivity index (χ2v) is 4.97. The Morgan fingerprint density at radius 3 is 2.41 bits per heavy atom. The summed E-state index contributed by atoms with van der Waals surface area (Å²) >= 11 is 0. The topological polar surface area (TPSA) is 119 Å². The third-order valence-corrected chi connectivity index (χ3v) is 3.50. The van der Waals surface area contributed by atoms with Crippen molar-refractivity contribution in [2.75, 3.05) is 5.73 Å². The third kappa shape index (κ3) is 3.56. The zero-order valence-corrected chi connectivity index (χ0v) is 13.0. The predicted octanol–water partition coefficient (Wildman–Crippen LogP) is 1.97. The summed E-state index contributed by atoms with van der Waals surface area (Å²) < 4.78 is 0. The van der Waals surface area contributed by atoms with Crippen molar-refractivity contribution in [1.29, 1.82) is 5.41 Å². The first-order valence-corrected chi connectivity index (χ1v) is 6.51. The summed E-state index contributed by atoms with van der Waals surface area (Å²) in [5.74, 6) is -0.477. The van der Waals surface area contributed by atoms with Crippen molar-refractivity contribution in [3.63, 3.8) is 0 Å². The maximum atomic E-state index is 11.5. The normalized spacial score (nSPS) is 9.86. The van der Waals surface area contributed by atoms with Gasteiger partial charge in [-0.3, -0.25) is 10.2 Å². The van der Waals surface area contributed by atoms with Gasteiger partial charge in [-0.05, 0) is 35.7 Å². The van der Waals surface area contributed by atoms with Gasteiger partial charge in [0.2, 0.25) is 5.91 Å². The van der Waals surface area contributed by atoms with Crippen LogP contribution in [0.15, 0.2) is 36.4 Å². The minimum Gasteiger partial charge on any atom is -0.398 e. The van der Waals surface area contributed by atoms with Crippen LogP contribution in [-0.4, -0.2) is 11.7 Å². The summed E-state index contributed by atoms with van der Waals surface area (Å²) in [7, 11) is 0. The van der Waals surface area contributed by atoms with Crippen LogP contribution in [0.1, 0.15) is 32.6 Å². The van der Waals surface area contributed by atoms with E-state index in [1.165, 1.54) is 0 Å². The molecular weight excluding hydrogens is 300 g/mol. The third-order valence-electron chi connectivity index (χ3n) is 3.50. The fourth-order valence-electron chi connectivity index (χ4n) is 2.28. The molecule has 0 aliphatic heterocycles. The van der Waals surface area contributed by atoms with Gasteiger partial charge in [0.05, 0.1) is 0 Å². The Balaban J connectivity index is 0.00000242. The summed E-state index contributed by atoms with van der Waals surface area (Å²) in [6.45, 7) is 1.93. The molecule has 1 amide bonds. The molecule has 0 atom stereocenters. The number of carbonyl (C=O) groups excluding carboxylic acids is 1. The number of nitrogens with two attached hydrogens (primary N) is 3. The van der Waals surface area contributed by atoms with Crippen LogP contribution in [0.2, 0.25) is 0 Å². The lowest BCUT2D eigenvalue weighted by Crippen LogP contribution is -2.15. The molecule has 0 bridgehead atoms. The van der Waals surface area contributed by atoms with Crippen LogP contribution in [-0.2, 0) is 6.42 Å². The molecule has 0 radical (unpaired) electrons. The van der Waals surface area contributed by atoms with Crippen molar-refractivity contribution < 1.29 is 4.79 Å². The number of hydrogen-bond donors (Lipinski definition) is 4. The highest BCUT2D eigenvalue weighted by atomic mass is 35.5. The van der Waals surface area contributed by atoms with E-state index in [-0.39, 0.29) is 18.2 Å². The smallest absolute Gasteiger partial charge is 0.248 e. The molecule has 2 aromatic rings. The van der Waals surface area contributed by atoms with E-state index in [0.29, 0.717) is 23.2 Å². The van der Waals surface area contributed by atoms with E-state index in [0.717, 1.165) is 16.7 Å². The van der Waals surface area contributed by atoms with Gasteiger partial charge in [-0.1, -0.05) is 24.3 Å². The van der Waals surface area contributed by atoms with Crippen LogP contribution < -0.4 is 17.2 Å². The van der Waals surface area contributed by atoms with Gasteiger partial charge in [-0.2, -0.15) is 0 Å². The summed E-state index contributed by atoms with van der Waals surface area (Å²) in [5.41, 5.74) is 21.2. The minimum atomic E-state index is -0.451. The molecule has 5 nitrogen and oxygen atoms in total. The first-order valence-electron chi connectivity index (χ1n) is 6.51. The van der Waals surface area contributed by atoms with Crippen LogP contribution in [0.3, 0.4) is 0 Å².